The Morgan fingerprint density at radius 1 is 1.45 bits per heavy atom. The molecule has 1 heterocycles. The number of halogens is 1. The molecule has 0 aromatic heterocycles. The van der Waals surface area contributed by atoms with Gasteiger partial charge in [-0.25, -0.2) is 12.8 Å². The van der Waals surface area contributed by atoms with E-state index in [0.29, 0.717) is 24.9 Å². The van der Waals surface area contributed by atoms with Crippen LogP contribution in [0.3, 0.4) is 0 Å². The van der Waals surface area contributed by atoms with Gasteiger partial charge in [-0.3, -0.25) is 4.79 Å². The molecule has 1 aromatic rings. The summed E-state index contributed by atoms with van der Waals surface area (Å²) in [4.78, 5) is 10.6. The van der Waals surface area contributed by atoms with Crippen LogP contribution in [0.1, 0.15) is 30.9 Å². The number of carbonyl (C=O) groups is 1. The lowest BCUT2D eigenvalue weighted by molar-refractivity contribution is -0.137. The summed E-state index contributed by atoms with van der Waals surface area (Å²) >= 11 is 0. The van der Waals surface area contributed by atoms with Gasteiger partial charge in [0.25, 0.3) is 0 Å². The summed E-state index contributed by atoms with van der Waals surface area (Å²) in [7, 11) is -3.34. The maximum Gasteiger partial charge on any atom is 0.303 e. The number of aliphatic carboxylic acids is 1. The molecule has 0 spiro atoms. The number of hydrogen-bond acceptors (Lipinski definition) is 4. The topological polar surface area (TPSA) is 83.5 Å². The quantitative estimate of drug-likeness (QED) is 0.636. The summed E-state index contributed by atoms with van der Waals surface area (Å²) in [5.41, 5.74) is 0.437. The van der Waals surface area contributed by atoms with Crippen LogP contribution >= 0.6 is 0 Å². The monoisotopic (exact) mass is 301 g/mol. The Bertz CT molecular complexity index is 615. The van der Waals surface area contributed by atoms with Crippen LogP contribution in [0.15, 0.2) is 23.1 Å². The number of rotatable bonds is 5. The van der Waals surface area contributed by atoms with Gasteiger partial charge in [-0.1, -0.05) is 0 Å². The highest BCUT2D eigenvalue weighted by Crippen LogP contribution is 2.32. The van der Waals surface area contributed by atoms with Crippen molar-refractivity contribution in [3.8, 4) is 0 Å². The highest BCUT2D eigenvalue weighted by atomic mass is 32.2. The van der Waals surface area contributed by atoms with Crippen LogP contribution in [0.4, 0.5) is 4.39 Å². The van der Waals surface area contributed by atoms with Gasteiger partial charge in [0, 0.05) is 12.5 Å². The minimum Gasteiger partial charge on any atom is -0.481 e. The Labute approximate surface area is 116 Å². The van der Waals surface area contributed by atoms with Crippen molar-refractivity contribution >= 4 is 15.8 Å². The van der Waals surface area contributed by atoms with Gasteiger partial charge >= 0.3 is 5.97 Å². The van der Waals surface area contributed by atoms with Crippen LogP contribution in [0.25, 0.3) is 0 Å². The van der Waals surface area contributed by atoms with Gasteiger partial charge < -0.3 is 10.4 Å². The van der Waals surface area contributed by atoms with Crippen LogP contribution < -0.4 is 5.32 Å². The van der Waals surface area contributed by atoms with Crippen LogP contribution in [0.2, 0.25) is 0 Å². The smallest absolute Gasteiger partial charge is 0.303 e. The number of carboxylic acid groups (broad SMARTS) is 1. The lowest BCUT2D eigenvalue weighted by atomic mass is 10.0. The first-order valence-electron chi connectivity index (χ1n) is 6.37. The molecule has 0 saturated carbocycles. The predicted octanol–water partition coefficient (Wildman–Crippen LogP) is 1.50. The van der Waals surface area contributed by atoms with Crippen LogP contribution in [-0.2, 0) is 14.6 Å². The predicted molar refractivity (Wildman–Crippen MR) is 70.7 cm³/mol. The number of fused-ring (bicyclic) bond motifs is 1. The molecule has 0 saturated heterocycles. The summed E-state index contributed by atoms with van der Waals surface area (Å²) < 4.78 is 37.2. The second-order valence-corrected chi connectivity index (χ2v) is 6.87. The van der Waals surface area contributed by atoms with Crippen molar-refractivity contribution in [1.82, 2.24) is 5.32 Å². The molecule has 1 aliphatic rings. The summed E-state index contributed by atoms with van der Waals surface area (Å²) in [6.07, 6.45) is 0.864. The molecule has 0 bridgehead atoms. The maximum atomic E-state index is 13.3. The Morgan fingerprint density at radius 3 is 2.90 bits per heavy atom. The SMILES string of the molecule is O=C(O)CCCNC1CCS(=O)(=O)c2ccc(F)cc21. The highest BCUT2D eigenvalue weighted by Gasteiger charge is 2.30. The molecule has 1 atom stereocenters. The molecule has 7 heteroatoms. The molecule has 2 N–H and O–H groups in total. The first kappa shape index (κ1) is 14.9. The Morgan fingerprint density at radius 2 is 2.20 bits per heavy atom. The Kier molecular flexibility index (Phi) is 4.39. The molecule has 110 valence electrons. The van der Waals surface area contributed by atoms with Gasteiger partial charge in [-0.2, -0.15) is 0 Å². The summed E-state index contributed by atoms with van der Waals surface area (Å²) in [5.74, 6) is -1.33. The van der Waals surface area contributed by atoms with E-state index in [-0.39, 0.29) is 23.1 Å². The van der Waals surface area contributed by atoms with Crippen molar-refractivity contribution in [2.45, 2.75) is 30.2 Å². The number of benzene rings is 1. The molecule has 0 aliphatic carbocycles. The van der Waals surface area contributed by atoms with E-state index in [1.54, 1.807) is 0 Å². The minimum atomic E-state index is -3.34. The fourth-order valence-corrected chi connectivity index (χ4v) is 3.94. The second-order valence-electron chi connectivity index (χ2n) is 4.79. The fourth-order valence-electron chi connectivity index (χ4n) is 2.34. The molecular weight excluding hydrogens is 285 g/mol. The molecular formula is C13H16FNO4S. The zero-order chi connectivity index (χ0) is 14.8. The maximum absolute atomic E-state index is 13.3. The number of hydrogen-bond donors (Lipinski definition) is 2. The normalized spacial score (nSPS) is 20.4. The van der Waals surface area contributed by atoms with Crippen molar-refractivity contribution in [3.05, 3.63) is 29.6 Å². The first-order chi connectivity index (χ1) is 9.40. The van der Waals surface area contributed by atoms with Crippen molar-refractivity contribution in [3.63, 3.8) is 0 Å². The van der Waals surface area contributed by atoms with Gasteiger partial charge in [-0.15, -0.1) is 0 Å². The molecule has 0 radical (unpaired) electrons. The van der Waals surface area contributed by atoms with Gasteiger partial charge in [0.1, 0.15) is 5.82 Å². The number of sulfone groups is 1. The van der Waals surface area contributed by atoms with Crippen LogP contribution in [-0.4, -0.2) is 31.8 Å². The first-order valence-corrected chi connectivity index (χ1v) is 8.03. The lowest BCUT2D eigenvalue weighted by Gasteiger charge is -2.26. The summed E-state index contributed by atoms with van der Waals surface area (Å²) in [5, 5.41) is 11.7. The van der Waals surface area contributed by atoms with Crippen LogP contribution in [0.5, 0.6) is 0 Å². The van der Waals surface area contributed by atoms with E-state index < -0.39 is 21.6 Å². The van der Waals surface area contributed by atoms with E-state index in [9.17, 15) is 17.6 Å². The fraction of sp³-hybridized carbons (Fsp3) is 0.462. The van der Waals surface area contributed by atoms with Gasteiger partial charge in [-0.05, 0) is 43.1 Å². The zero-order valence-electron chi connectivity index (χ0n) is 10.8. The zero-order valence-corrected chi connectivity index (χ0v) is 11.6. The summed E-state index contributed by atoms with van der Waals surface area (Å²) in [6, 6.07) is 3.42. The van der Waals surface area contributed by atoms with E-state index in [1.165, 1.54) is 12.1 Å². The van der Waals surface area contributed by atoms with E-state index in [0.717, 1.165) is 6.07 Å². The highest BCUT2D eigenvalue weighted by molar-refractivity contribution is 7.91. The van der Waals surface area contributed by atoms with Crippen molar-refractivity contribution in [2.24, 2.45) is 0 Å². The van der Waals surface area contributed by atoms with E-state index in [2.05, 4.69) is 5.32 Å². The standard InChI is InChI=1S/C13H16FNO4S/c14-9-3-4-12-10(8-9)11(5-7-20(12,18)19)15-6-1-2-13(16)17/h3-4,8,11,15H,1-2,5-7H2,(H,16,17). The minimum absolute atomic E-state index is 0.0161. The lowest BCUT2D eigenvalue weighted by Crippen LogP contribution is -2.30. The molecule has 0 fully saturated rings. The van der Waals surface area contributed by atoms with Crippen molar-refractivity contribution < 1.29 is 22.7 Å². The van der Waals surface area contributed by atoms with Gasteiger partial charge in [0.15, 0.2) is 9.84 Å². The molecule has 2 rings (SSSR count). The Balaban J connectivity index is 2.13. The largest absolute Gasteiger partial charge is 0.481 e. The average Bonchev–Trinajstić information content (AvgIpc) is 2.36. The van der Waals surface area contributed by atoms with Crippen molar-refractivity contribution in [2.75, 3.05) is 12.3 Å². The van der Waals surface area contributed by atoms with E-state index >= 15 is 0 Å². The third kappa shape index (κ3) is 3.34. The van der Waals surface area contributed by atoms with Gasteiger partial charge in [0.05, 0.1) is 10.6 Å². The molecule has 20 heavy (non-hydrogen) atoms. The Hall–Kier alpha value is -1.47. The number of nitrogens with one attached hydrogen (secondary N) is 1. The molecule has 1 unspecified atom stereocenters. The third-order valence-corrected chi connectivity index (χ3v) is 5.13. The molecule has 0 amide bonds. The molecule has 5 nitrogen and oxygen atoms in total. The average molecular weight is 301 g/mol. The third-order valence-electron chi connectivity index (χ3n) is 3.32. The molecule has 1 aromatic carbocycles. The summed E-state index contributed by atoms with van der Waals surface area (Å²) in [6.45, 7) is 0.451. The van der Waals surface area contributed by atoms with E-state index in [4.69, 9.17) is 5.11 Å². The van der Waals surface area contributed by atoms with Gasteiger partial charge in [0.2, 0.25) is 0 Å². The second kappa shape index (κ2) is 5.88. The van der Waals surface area contributed by atoms with E-state index in [1.807, 2.05) is 0 Å². The van der Waals surface area contributed by atoms with Crippen LogP contribution in [0, 0.1) is 5.82 Å². The number of carboxylic acids is 1. The van der Waals surface area contributed by atoms with Crippen molar-refractivity contribution in [1.29, 1.82) is 0 Å². The molecule has 1 aliphatic heterocycles.